The molecular weight excluding hydrogens is 498 g/mol. The number of urea groups is 1. The second-order valence-electron chi connectivity index (χ2n) is 9.63. The van der Waals surface area contributed by atoms with Crippen LogP contribution in [0.2, 0.25) is 0 Å². The minimum atomic E-state index is -0.643. The van der Waals surface area contributed by atoms with Gasteiger partial charge >= 0.3 is 12.0 Å². The van der Waals surface area contributed by atoms with Gasteiger partial charge in [-0.1, -0.05) is 30.3 Å². The van der Waals surface area contributed by atoms with Crippen molar-refractivity contribution in [2.24, 2.45) is 0 Å². The van der Waals surface area contributed by atoms with Crippen molar-refractivity contribution >= 4 is 23.6 Å². The van der Waals surface area contributed by atoms with Crippen LogP contribution in [0.4, 0.5) is 10.5 Å². The number of carbonyl (C=O) groups is 3. The number of esters is 1. The standard InChI is InChI=1S/C29H33N5O5/c1-18(2)39-28(36)24-20(4)30-26(21-9-7-6-8-10-21)32-25(24)27(35)33-15-16-34(19(3)17-33)29(37)31-22-11-13-23(38-5)14-12-22/h6-14,18-19H,15-17H2,1-5H3,(H,31,37). The van der Waals surface area contributed by atoms with Crippen LogP contribution in [0.1, 0.15) is 47.3 Å². The van der Waals surface area contributed by atoms with E-state index in [1.54, 1.807) is 61.9 Å². The molecule has 0 radical (unpaired) electrons. The van der Waals surface area contributed by atoms with E-state index in [1.165, 1.54) is 0 Å². The molecule has 0 bridgehead atoms. The summed E-state index contributed by atoms with van der Waals surface area (Å²) >= 11 is 0. The molecule has 1 aliphatic rings. The number of anilines is 1. The lowest BCUT2D eigenvalue weighted by atomic mass is 10.1. The topological polar surface area (TPSA) is 114 Å². The van der Waals surface area contributed by atoms with Crippen LogP contribution >= 0.6 is 0 Å². The number of benzene rings is 2. The molecule has 1 aromatic heterocycles. The van der Waals surface area contributed by atoms with Crippen molar-refractivity contribution in [3.8, 4) is 17.1 Å². The minimum absolute atomic E-state index is 0.00432. The number of aryl methyl sites for hydroxylation is 1. The molecule has 2 heterocycles. The summed E-state index contributed by atoms with van der Waals surface area (Å²) in [7, 11) is 1.58. The van der Waals surface area contributed by atoms with Crippen molar-refractivity contribution in [3.63, 3.8) is 0 Å². The summed E-state index contributed by atoms with van der Waals surface area (Å²) < 4.78 is 10.6. The number of amides is 3. The van der Waals surface area contributed by atoms with Crippen LogP contribution in [0.15, 0.2) is 54.6 Å². The molecule has 1 atom stereocenters. The number of methoxy groups -OCH3 is 1. The fourth-order valence-corrected chi connectivity index (χ4v) is 4.42. The Morgan fingerprint density at radius 2 is 1.69 bits per heavy atom. The SMILES string of the molecule is COc1ccc(NC(=O)N2CCN(C(=O)c3nc(-c4ccccc4)nc(C)c3C(=O)OC(C)C)CC2C)cc1. The lowest BCUT2D eigenvalue weighted by Gasteiger charge is -2.39. The highest BCUT2D eigenvalue weighted by Crippen LogP contribution is 2.23. The molecule has 39 heavy (non-hydrogen) atoms. The highest BCUT2D eigenvalue weighted by atomic mass is 16.5. The Hall–Kier alpha value is -4.47. The third-order valence-electron chi connectivity index (χ3n) is 6.39. The minimum Gasteiger partial charge on any atom is -0.497 e. The molecule has 1 N–H and O–H groups in total. The number of nitrogens with one attached hydrogen (secondary N) is 1. The van der Waals surface area contributed by atoms with Gasteiger partial charge in [0.25, 0.3) is 5.91 Å². The molecule has 1 aliphatic heterocycles. The van der Waals surface area contributed by atoms with Crippen molar-refractivity contribution in [2.45, 2.75) is 39.8 Å². The summed E-state index contributed by atoms with van der Waals surface area (Å²) in [5.74, 6) is -0.00455. The number of rotatable bonds is 6. The van der Waals surface area contributed by atoms with Gasteiger partial charge in [0.15, 0.2) is 5.82 Å². The first-order chi connectivity index (χ1) is 18.7. The zero-order valence-electron chi connectivity index (χ0n) is 22.8. The number of ether oxygens (including phenoxy) is 2. The number of hydrogen-bond donors (Lipinski definition) is 1. The molecule has 4 rings (SSSR count). The van der Waals surface area contributed by atoms with E-state index in [4.69, 9.17) is 9.47 Å². The maximum atomic E-state index is 13.8. The predicted molar refractivity (Wildman–Crippen MR) is 147 cm³/mol. The summed E-state index contributed by atoms with van der Waals surface area (Å²) in [6.07, 6.45) is -0.374. The third-order valence-corrected chi connectivity index (χ3v) is 6.39. The van der Waals surface area contributed by atoms with Gasteiger partial charge in [-0.25, -0.2) is 19.6 Å². The molecule has 10 heteroatoms. The van der Waals surface area contributed by atoms with Crippen LogP contribution in [0.25, 0.3) is 11.4 Å². The van der Waals surface area contributed by atoms with Gasteiger partial charge in [-0.3, -0.25) is 4.79 Å². The zero-order valence-corrected chi connectivity index (χ0v) is 22.8. The zero-order chi connectivity index (χ0) is 28.1. The van der Waals surface area contributed by atoms with Crippen molar-refractivity contribution < 1.29 is 23.9 Å². The first-order valence-electron chi connectivity index (χ1n) is 12.8. The summed E-state index contributed by atoms with van der Waals surface area (Å²) in [6, 6.07) is 15.8. The van der Waals surface area contributed by atoms with Gasteiger partial charge in [-0.15, -0.1) is 0 Å². The molecule has 1 fully saturated rings. The molecule has 10 nitrogen and oxygen atoms in total. The highest BCUT2D eigenvalue weighted by Gasteiger charge is 2.34. The Labute approximate surface area is 228 Å². The lowest BCUT2D eigenvalue weighted by Crippen LogP contribution is -2.56. The summed E-state index contributed by atoms with van der Waals surface area (Å²) in [4.78, 5) is 52.2. The highest BCUT2D eigenvalue weighted by molar-refractivity contribution is 6.05. The molecule has 0 saturated carbocycles. The third kappa shape index (κ3) is 6.34. The lowest BCUT2D eigenvalue weighted by molar-refractivity contribution is 0.0367. The van der Waals surface area contributed by atoms with Gasteiger partial charge in [-0.05, 0) is 52.0 Å². The summed E-state index contributed by atoms with van der Waals surface area (Å²) in [5, 5.41) is 2.89. The molecule has 3 amide bonds. The van der Waals surface area contributed by atoms with Gasteiger partial charge in [0, 0.05) is 36.9 Å². The van der Waals surface area contributed by atoms with Crippen molar-refractivity contribution in [3.05, 3.63) is 71.5 Å². The van der Waals surface area contributed by atoms with E-state index in [-0.39, 0.29) is 42.5 Å². The molecule has 1 unspecified atom stereocenters. The van der Waals surface area contributed by atoms with Gasteiger partial charge in [0.1, 0.15) is 17.0 Å². The fourth-order valence-electron chi connectivity index (χ4n) is 4.42. The predicted octanol–water partition coefficient (Wildman–Crippen LogP) is 4.40. The maximum Gasteiger partial charge on any atom is 0.342 e. The van der Waals surface area contributed by atoms with Crippen LogP contribution in [0.5, 0.6) is 5.75 Å². The van der Waals surface area contributed by atoms with E-state index in [9.17, 15) is 14.4 Å². The Bertz CT molecular complexity index is 1340. The number of aromatic nitrogens is 2. The van der Waals surface area contributed by atoms with E-state index in [0.717, 1.165) is 5.56 Å². The fraction of sp³-hybridized carbons (Fsp3) is 0.345. The van der Waals surface area contributed by atoms with Gasteiger partial charge in [0.2, 0.25) is 0 Å². The number of nitrogens with zero attached hydrogens (tertiary/aromatic N) is 4. The Balaban J connectivity index is 1.56. The molecule has 3 aromatic rings. The first-order valence-corrected chi connectivity index (χ1v) is 12.8. The average Bonchev–Trinajstić information content (AvgIpc) is 2.92. The second kappa shape index (κ2) is 11.9. The maximum absolute atomic E-state index is 13.8. The van der Waals surface area contributed by atoms with E-state index in [2.05, 4.69) is 15.3 Å². The molecule has 0 spiro atoms. The van der Waals surface area contributed by atoms with Crippen LogP contribution in [0.3, 0.4) is 0 Å². The number of piperazine rings is 1. The van der Waals surface area contributed by atoms with Gasteiger partial charge < -0.3 is 24.6 Å². The van der Waals surface area contributed by atoms with Crippen LogP contribution in [0, 0.1) is 6.92 Å². The van der Waals surface area contributed by atoms with Crippen LogP contribution in [-0.2, 0) is 4.74 Å². The monoisotopic (exact) mass is 531 g/mol. The smallest absolute Gasteiger partial charge is 0.342 e. The normalized spacial score (nSPS) is 15.2. The summed E-state index contributed by atoms with van der Waals surface area (Å²) in [6.45, 7) is 7.90. The summed E-state index contributed by atoms with van der Waals surface area (Å²) in [5.41, 5.74) is 1.79. The van der Waals surface area contributed by atoms with Crippen molar-refractivity contribution in [2.75, 3.05) is 32.1 Å². The largest absolute Gasteiger partial charge is 0.497 e. The molecular formula is C29H33N5O5. The molecule has 1 saturated heterocycles. The average molecular weight is 532 g/mol. The van der Waals surface area contributed by atoms with Crippen LogP contribution in [-0.4, -0.2) is 76.6 Å². The Morgan fingerprint density at radius 1 is 1.00 bits per heavy atom. The second-order valence-corrected chi connectivity index (χ2v) is 9.63. The van der Waals surface area contributed by atoms with E-state index in [1.807, 2.05) is 37.3 Å². The molecule has 0 aliphatic carbocycles. The molecule has 2 aromatic carbocycles. The van der Waals surface area contributed by atoms with Gasteiger partial charge in [0.05, 0.1) is 18.9 Å². The Kier molecular flexibility index (Phi) is 8.43. The quantitative estimate of drug-likeness (QED) is 0.469. The number of carbonyl (C=O) groups excluding carboxylic acids is 3. The van der Waals surface area contributed by atoms with E-state index < -0.39 is 11.9 Å². The van der Waals surface area contributed by atoms with Crippen molar-refractivity contribution in [1.29, 1.82) is 0 Å². The van der Waals surface area contributed by atoms with Crippen LogP contribution < -0.4 is 10.1 Å². The number of hydrogen-bond acceptors (Lipinski definition) is 7. The molecule has 204 valence electrons. The Morgan fingerprint density at radius 3 is 2.31 bits per heavy atom. The van der Waals surface area contributed by atoms with Gasteiger partial charge in [-0.2, -0.15) is 0 Å². The van der Waals surface area contributed by atoms with E-state index >= 15 is 0 Å². The van der Waals surface area contributed by atoms with E-state index in [0.29, 0.717) is 29.5 Å². The van der Waals surface area contributed by atoms with Crippen molar-refractivity contribution in [1.82, 2.24) is 19.8 Å². The first kappa shape index (κ1) is 27.6.